The van der Waals surface area contributed by atoms with E-state index in [-0.39, 0.29) is 10.5 Å². The molecule has 6 nitrogen and oxygen atoms in total. The Hall–Kier alpha value is 0.440. The molecule has 0 radical (unpaired) electrons. The Labute approximate surface area is 185 Å². The fraction of sp³-hybridized carbons (Fsp3) is 0.950. The van der Waals surface area contributed by atoms with E-state index in [1.807, 2.05) is 55.4 Å². The molecule has 1 heterocycles. The van der Waals surface area contributed by atoms with Crippen LogP contribution in [0.3, 0.4) is 0 Å². The van der Waals surface area contributed by atoms with Crippen LogP contribution in [0.2, 0.25) is 0 Å². The van der Waals surface area contributed by atoms with Crippen molar-refractivity contribution < 1.29 is 23.1 Å². The second-order valence-electron chi connectivity index (χ2n) is 9.91. The molecule has 9 heteroatoms. The van der Waals surface area contributed by atoms with E-state index in [9.17, 15) is 9.36 Å². The van der Waals surface area contributed by atoms with Crippen LogP contribution in [0.5, 0.6) is 0 Å². The predicted octanol–water partition coefficient (Wildman–Crippen LogP) is 5.47. The minimum absolute atomic E-state index is 0.176. The van der Waals surface area contributed by atoms with Crippen LogP contribution in [0.4, 0.5) is 0 Å². The molecule has 0 aromatic carbocycles. The molecule has 29 heavy (non-hydrogen) atoms. The molecule has 1 aliphatic rings. The molecular formula is C20H40NO5PS2. The van der Waals surface area contributed by atoms with Gasteiger partial charge >= 0.3 is 6.80 Å². The van der Waals surface area contributed by atoms with Crippen molar-refractivity contribution in [2.24, 2.45) is 5.41 Å². The minimum Gasteiger partial charge on any atom is -0.379 e. The molecule has 1 rings (SSSR count). The Morgan fingerprint density at radius 2 is 1.48 bits per heavy atom. The average molecular weight is 470 g/mol. The second-order valence-corrected chi connectivity index (χ2v) is 15.0. The summed E-state index contributed by atoms with van der Waals surface area (Å²) in [6.07, 6.45) is 0.824. The maximum Gasteiger partial charge on any atom is 0.390 e. The molecule has 0 aromatic rings. The van der Waals surface area contributed by atoms with Gasteiger partial charge in [-0.2, -0.15) is 0 Å². The highest BCUT2D eigenvalue weighted by molar-refractivity contribution is 8.55. The topological polar surface area (TPSA) is 65.1 Å². The van der Waals surface area contributed by atoms with Crippen LogP contribution in [0.1, 0.15) is 61.8 Å². The van der Waals surface area contributed by atoms with Crippen molar-refractivity contribution in [1.29, 1.82) is 0 Å². The lowest BCUT2D eigenvalue weighted by molar-refractivity contribution is -0.118. The first-order valence-electron chi connectivity index (χ1n) is 10.3. The Bertz CT molecular complexity index is 546. The second kappa shape index (κ2) is 11.3. The summed E-state index contributed by atoms with van der Waals surface area (Å²) < 4.78 is 30.1. The normalized spacial score (nSPS) is 17.5. The molecule has 0 amide bonds. The number of rotatable bonds is 10. The third-order valence-corrected chi connectivity index (χ3v) is 9.72. The van der Waals surface area contributed by atoms with Crippen LogP contribution in [-0.2, 0) is 23.1 Å². The number of carbonyl (C=O) groups excluding carboxylic acids is 1. The zero-order chi connectivity index (χ0) is 22.3. The zero-order valence-corrected chi connectivity index (χ0v) is 21.9. The third kappa shape index (κ3) is 12.2. The van der Waals surface area contributed by atoms with E-state index in [4.69, 9.17) is 13.8 Å². The summed E-state index contributed by atoms with van der Waals surface area (Å²) in [5.74, 6) is 1.11. The molecule has 1 saturated heterocycles. The number of hydrogen-bond acceptors (Lipinski definition) is 8. The monoisotopic (exact) mass is 469 g/mol. The first kappa shape index (κ1) is 27.5. The van der Waals surface area contributed by atoms with Crippen LogP contribution in [0.25, 0.3) is 0 Å². The van der Waals surface area contributed by atoms with Crippen molar-refractivity contribution in [2.75, 3.05) is 44.4 Å². The van der Waals surface area contributed by atoms with Crippen molar-refractivity contribution in [3.8, 4) is 0 Å². The molecule has 0 spiro atoms. The highest BCUT2D eigenvalue weighted by atomic mass is 32.7. The van der Waals surface area contributed by atoms with Crippen LogP contribution in [-0.4, -0.2) is 65.6 Å². The van der Waals surface area contributed by atoms with Crippen LogP contribution >= 0.6 is 29.9 Å². The molecular weight excluding hydrogens is 429 g/mol. The molecule has 1 fully saturated rings. The van der Waals surface area contributed by atoms with Gasteiger partial charge < -0.3 is 4.74 Å². The van der Waals surface area contributed by atoms with E-state index in [1.54, 1.807) is 0 Å². The number of ether oxygens (including phenoxy) is 1. The molecule has 0 saturated carbocycles. The minimum atomic E-state index is -3.32. The van der Waals surface area contributed by atoms with Gasteiger partial charge in [0.2, 0.25) is 0 Å². The smallest absolute Gasteiger partial charge is 0.379 e. The number of morpholine rings is 1. The summed E-state index contributed by atoms with van der Waals surface area (Å²) in [6.45, 7) is 16.2. The Morgan fingerprint density at radius 1 is 0.966 bits per heavy atom. The Balaban J connectivity index is 2.47. The van der Waals surface area contributed by atoms with Gasteiger partial charge in [-0.05, 0) is 65.9 Å². The zero-order valence-electron chi connectivity index (χ0n) is 19.4. The molecule has 1 aliphatic heterocycles. The lowest BCUT2D eigenvalue weighted by Gasteiger charge is -2.31. The molecule has 0 aromatic heterocycles. The van der Waals surface area contributed by atoms with E-state index in [2.05, 4.69) is 4.90 Å². The average Bonchev–Trinajstić information content (AvgIpc) is 2.54. The predicted molar refractivity (Wildman–Crippen MR) is 125 cm³/mol. The van der Waals surface area contributed by atoms with Crippen molar-refractivity contribution in [3.05, 3.63) is 0 Å². The van der Waals surface area contributed by atoms with E-state index < -0.39 is 18.0 Å². The summed E-state index contributed by atoms with van der Waals surface area (Å²) in [7, 11) is 0. The van der Waals surface area contributed by atoms with Crippen molar-refractivity contribution >= 4 is 35.1 Å². The van der Waals surface area contributed by atoms with Crippen LogP contribution in [0, 0.1) is 5.41 Å². The number of hydrogen-bond donors (Lipinski definition) is 0. The maximum absolute atomic E-state index is 13.2. The first-order valence-corrected chi connectivity index (χ1v) is 14.4. The molecule has 0 aliphatic carbocycles. The fourth-order valence-corrected chi connectivity index (χ4v) is 8.60. The Morgan fingerprint density at radius 3 is 1.97 bits per heavy atom. The molecule has 0 unspecified atom stereocenters. The van der Waals surface area contributed by atoms with Gasteiger partial charge in [-0.3, -0.25) is 18.7 Å². The van der Waals surface area contributed by atoms with Gasteiger partial charge in [0.25, 0.3) is 0 Å². The van der Waals surface area contributed by atoms with E-state index >= 15 is 0 Å². The lowest BCUT2D eigenvalue weighted by Crippen LogP contribution is -2.39. The molecule has 0 N–H and O–H groups in total. The summed E-state index contributed by atoms with van der Waals surface area (Å²) in [5.41, 5.74) is -1.53. The lowest BCUT2D eigenvalue weighted by atomic mass is 9.91. The fourth-order valence-electron chi connectivity index (χ4n) is 2.59. The van der Waals surface area contributed by atoms with Gasteiger partial charge in [0, 0.05) is 30.0 Å². The van der Waals surface area contributed by atoms with Gasteiger partial charge in [-0.15, -0.1) is 0 Å². The number of carbonyl (C=O) groups is 1. The first-order chi connectivity index (χ1) is 13.1. The van der Waals surface area contributed by atoms with Crippen LogP contribution in [0.15, 0.2) is 0 Å². The number of thioether (sulfide) groups is 1. The summed E-state index contributed by atoms with van der Waals surface area (Å²) in [6, 6.07) is 0. The van der Waals surface area contributed by atoms with E-state index in [1.165, 1.54) is 23.1 Å². The van der Waals surface area contributed by atoms with Crippen molar-refractivity contribution in [3.63, 3.8) is 0 Å². The largest absolute Gasteiger partial charge is 0.390 e. The van der Waals surface area contributed by atoms with Gasteiger partial charge in [-0.1, -0.05) is 25.6 Å². The molecule has 0 atom stereocenters. The standard InChI is InChI=1S/C20H40NO5PS2/c1-18(2,3)25-27(23,26-19(4,5)6)29-16-15-28-17(22)20(7,8)9-10-21-11-13-24-14-12-21/h9-16H2,1-8H3. The van der Waals surface area contributed by atoms with Crippen molar-refractivity contribution in [1.82, 2.24) is 4.90 Å². The van der Waals surface area contributed by atoms with E-state index in [0.717, 1.165) is 39.3 Å². The summed E-state index contributed by atoms with van der Waals surface area (Å²) in [4.78, 5) is 15.0. The van der Waals surface area contributed by atoms with Gasteiger partial charge in [-0.25, -0.2) is 4.57 Å². The summed E-state index contributed by atoms with van der Waals surface area (Å²) in [5, 5.41) is 0.176. The van der Waals surface area contributed by atoms with Gasteiger partial charge in [0.15, 0.2) is 5.12 Å². The number of nitrogens with zero attached hydrogens (tertiary/aromatic N) is 1. The van der Waals surface area contributed by atoms with E-state index in [0.29, 0.717) is 11.5 Å². The maximum atomic E-state index is 13.2. The highest BCUT2D eigenvalue weighted by Crippen LogP contribution is 2.64. The SMILES string of the molecule is CC(C)(C)OP(=O)(OC(C)(C)C)SCCSC(=O)C(C)(C)CCN1CCOCC1. The summed E-state index contributed by atoms with van der Waals surface area (Å²) >= 11 is 2.49. The van der Waals surface area contributed by atoms with Gasteiger partial charge in [0.05, 0.1) is 24.4 Å². The Kier molecular flexibility index (Phi) is 10.8. The highest BCUT2D eigenvalue weighted by Gasteiger charge is 2.36. The quantitative estimate of drug-likeness (QED) is 0.308. The van der Waals surface area contributed by atoms with Crippen LogP contribution < -0.4 is 0 Å². The third-order valence-electron chi connectivity index (χ3n) is 4.05. The molecule has 172 valence electrons. The van der Waals surface area contributed by atoms with Crippen molar-refractivity contribution in [2.45, 2.75) is 73.0 Å². The molecule has 0 bridgehead atoms. The van der Waals surface area contributed by atoms with Gasteiger partial charge in [0.1, 0.15) is 0 Å².